The average Bonchev–Trinajstić information content (AvgIpc) is 3.40. The van der Waals surface area contributed by atoms with Crippen molar-refractivity contribution in [1.29, 1.82) is 0 Å². The third-order valence-corrected chi connectivity index (χ3v) is 6.56. The number of hydrogen-bond donors (Lipinski definition) is 2. The van der Waals surface area contributed by atoms with Crippen LogP contribution >= 0.6 is 0 Å². The van der Waals surface area contributed by atoms with Crippen molar-refractivity contribution in [1.82, 2.24) is 0 Å². The van der Waals surface area contributed by atoms with Crippen molar-refractivity contribution < 1.29 is 24.2 Å². The Kier molecular flexibility index (Phi) is 8.02. The maximum absolute atomic E-state index is 13.5. The first-order chi connectivity index (χ1) is 17.4. The molecule has 0 unspecified atom stereocenters. The minimum absolute atomic E-state index is 0.207. The van der Waals surface area contributed by atoms with Crippen molar-refractivity contribution in [3.63, 3.8) is 0 Å². The van der Waals surface area contributed by atoms with Gasteiger partial charge in [0.2, 0.25) is 0 Å². The lowest BCUT2D eigenvalue weighted by Gasteiger charge is -2.24. The highest BCUT2D eigenvalue weighted by Crippen LogP contribution is 2.30. The third-order valence-electron chi connectivity index (χ3n) is 6.56. The molecule has 0 aliphatic heterocycles. The Hall–Kier alpha value is -4.11. The van der Waals surface area contributed by atoms with Crippen molar-refractivity contribution in [2.45, 2.75) is 38.5 Å². The molecule has 3 aromatic carbocycles. The zero-order chi connectivity index (χ0) is 25.5. The summed E-state index contributed by atoms with van der Waals surface area (Å²) in [6.07, 6.45) is 6.81. The van der Waals surface area contributed by atoms with Crippen molar-refractivity contribution in [3.05, 3.63) is 94.8 Å². The molecule has 3 aromatic rings. The predicted molar refractivity (Wildman–Crippen MR) is 137 cm³/mol. The Morgan fingerprint density at radius 3 is 2.11 bits per heavy atom. The SMILES string of the molecule is O=C(O)c1ccc(N(CCCC2CCCC2)C(=O)c2ccc(C#Cc3ccc(F)cc3)cc2)cc1O. The van der Waals surface area contributed by atoms with Gasteiger partial charge in [-0.15, -0.1) is 0 Å². The number of halogens is 1. The smallest absolute Gasteiger partial charge is 0.339 e. The highest BCUT2D eigenvalue weighted by Gasteiger charge is 2.21. The third kappa shape index (κ3) is 6.31. The summed E-state index contributed by atoms with van der Waals surface area (Å²) in [5.41, 5.74) is 2.11. The second-order valence-corrected chi connectivity index (χ2v) is 9.09. The van der Waals surface area contributed by atoms with E-state index in [4.69, 9.17) is 0 Å². The van der Waals surface area contributed by atoms with E-state index in [9.17, 15) is 24.2 Å². The summed E-state index contributed by atoms with van der Waals surface area (Å²) in [4.78, 5) is 26.4. The molecule has 0 radical (unpaired) electrons. The quantitative estimate of drug-likeness (QED) is 0.388. The maximum Gasteiger partial charge on any atom is 0.339 e. The lowest BCUT2D eigenvalue weighted by molar-refractivity contribution is 0.0693. The van der Waals surface area contributed by atoms with E-state index < -0.39 is 5.97 Å². The number of carboxylic acid groups (broad SMARTS) is 1. The van der Waals surface area contributed by atoms with Crippen molar-refractivity contribution >= 4 is 17.6 Å². The molecule has 1 aliphatic rings. The molecule has 36 heavy (non-hydrogen) atoms. The first-order valence-electron chi connectivity index (χ1n) is 12.2. The van der Waals surface area contributed by atoms with E-state index in [0.717, 1.165) is 12.8 Å². The number of rotatable bonds is 7. The number of nitrogens with zero attached hydrogens (tertiary/aromatic N) is 1. The molecule has 184 valence electrons. The number of amides is 1. The fraction of sp³-hybridized carbons (Fsp3) is 0.267. The van der Waals surface area contributed by atoms with E-state index in [-0.39, 0.29) is 23.0 Å². The van der Waals surface area contributed by atoms with Crippen LogP contribution in [0.1, 0.15) is 70.4 Å². The molecule has 1 fully saturated rings. The zero-order valence-corrected chi connectivity index (χ0v) is 19.9. The zero-order valence-electron chi connectivity index (χ0n) is 19.9. The van der Waals surface area contributed by atoms with Gasteiger partial charge in [-0.2, -0.15) is 0 Å². The average molecular weight is 486 g/mol. The summed E-state index contributed by atoms with van der Waals surface area (Å²) in [6.45, 7) is 0.466. The number of anilines is 1. The molecule has 0 atom stereocenters. The van der Waals surface area contributed by atoms with Crippen LogP contribution in [0.4, 0.5) is 10.1 Å². The summed E-state index contributed by atoms with van der Waals surface area (Å²) in [5, 5.41) is 19.4. The second kappa shape index (κ2) is 11.5. The number of phenols is 1. The lowest BCUT2D eigenvalue weighted by atomic mass is 10.0. The second-order valence-electron chi connectivity index (χ2n) is 9.09. The van der Waals surface area contributed by atoms with Gasteiger partial charge in [0.15, 0.2) is 0 Å². The van der Waals surface area contributed by atoms with Crippen LogP contribution in [-0.4, -0.2) is 28.6 Å². The Bertz CT molecular complexity index is 1280. The van der Waals surface area contributed by atoms with Crippen LogP contribution in [0.3, 0.4) is 0 Å². The summed E-state index contributed by atoms with van der Waals surface area (Å²) >= 11 is 0. The number of aromatic carboxylic acids is 1. The predicted octanol–water partition coefficient (Wildman–Crippen LogP) is 6.25. The number of carboxylic acids is 1. The normalized spacial score (nSPS) is 13.1. The summed E-state index contributed by atoms with van der Waals surface area (Å²) in [7, 11) is 0. The van der Waals surface area contributed by atoms with Gasteiger partial charge in [-0.25, -0.2) is 9.18 Å². The highest BCUT2D eigenvalue weighted by atomic mass is 19.1. The summed E-state index contributed by atoms with van der Waals surface area (Å²) in [6, 6.07) is 17.0. The first-order valence-corrected chi connectivity index (χ1v) is 12.2. The Morgan fingerprint density at radius 1 is 0.917 bits per heavy atom. The molecule has 1 aliphatic carbocycles. The van der Waals surface area contributed by atoms with Gasteiger partial charge in [0.25, 0.3) is 5.91 Å². The standard InChI is InChI=1S/C30H28FNO4/c31-25-15-11-23(12-16-25)8-7-22-9-13-24(14-10-22)29(34)32(19-3-6-21-4-1-2-5-21)26-17-18-27(30(35)36)28(33)20-26/h9-18,20-21,33H,1-6,19H2,(H,35,36). The molecular weight excluding hydrogens is 457 g/mol. The number of carbonyl (C=O) groups excluding carboxylic acids is 1. The molecule has 1 amide bonds. The highest BCUT2D eigenvalue weighted by molar-refractivity contribution is 6.06. The first kappa shape index (κ1) is 25.0. The monoisotopic (exact) mass is 485 g/mol. The van der Waals surface area contributed by atoms with E-state index in [1.807, 2.05) is 0 Å². The van der Waals surface area contributed by atoms with E-state index >= 15 is 0 Å². The van der Waals surface area contributed by atoms with Gasteiger partial charge >= 0.3 is 5.97 Å². The van der Waals surface area contributed by atoms with Gasteiger partial charge in [0.1, 0.15) is 17.1 Å². The van der Waals surface area contributed by atoms with E-state index in [0.29, 0.717) is 34.8 Å². The molecule has 2 N–H and O–H groups in total. The van der Waals surface area contributed by atoms with Gasteiger partial charge in [-0.3, -0.25) is 4.79 Å². The van der Waals surface area contributed by atoms with Crippen LogP contribution < -0.4 is 4.90 Å². The molecular formula is C30H28FNO4. The van der Waals surface area contributed by atoms with Gasteiger partial charge < -0.3 is 15.1 Å². The van der Waals surface area contributed by atoms with Crippen LogP contribution in [0, 0.1) is 23.6 Å². The Labute approximate surface area is 210 Å². The molecule has 0 saturated heterocycles. The fourth-order valence-electron chi connectivity index (χ4n) is 4.58. The van der Waals surface area contributed by atoms with Crippen molar-refractivity contribution in [2.75, 3.05) is 11.4 Å². The largest absolute Gasteiger partial charge is 0.507 e. The van der Waals surface area contributed by atoms with E-state index in [1.165, 1.54) is 49.9 Å². The van der Waals surface area contributed by atoms with Gasteiger partial charge in [0.05, 0.1) is 0 Å². The minimum Gasteiger partial charge on any atom is -0.507 e. The summed E-state index contributed by atoms with van der Waals surface area (Å²) < 4.78 is 13.1. The summed E-state index contributed by atoms with van der Waals surface area (Å²) in [5.74, 6) is 4.51. The van der Waals surface area contributed by atoms with Crippen LogP contribution in [0.2, 0.25) is 0 Å². The molecule has 0 bridgehead atoms. The van der Waals surface area contributed by atoms with Gasteiger partial charge in [-0.05, 0) is 79.4 Å². The number of aromatic hydroxyl groups is 1. The number of hydrogen-bond acceptors (Lipinski definition) is 3. The molecule has 6 heteroatoms. The number of benzene rings is 3. The topological polar surface area (TPSA) is 77.8 Å². The minimum atomic E-state index is -1.23. The van der Waals surface area contributed by atoms with Crippen molar-refractivity contribution in [2.24, 2.45) is 5.92 Å². The van der Waals surface area contributed by atoms with E-state index in [2.05, 4.69) is 11.8 Å². The lowest BCUT2D eigenvalue weighted by Crippen LogP contribution is -2.32. The van der Waals surface area contributed by atoms with E-state index in [1.54, 1.807) is 47.4 Å². The van der Waals surface area contributed by atoms with Gasteiger partial charge in [-0.1, -0.05) is 37.5 Å². The fourth-order valence-corrected chi connectivity index (χ4v) is 4.58. The molecule has 0 aromatic heterocycles. The van der Waals surface area contributed by atoms with Crippen LogP contribution in [0.25, 0.3) is 0 Å². The van der Waals surface area contributed by atoms with Crippen LogP contribution in [0.15, 0.2) is 66.7 Å². The van der Waals surface area contributed by atoms with Crippen LogP contribution in [-0.2, 0) is 0 Å². The molecule has 1 saturated carbocycles. The number of carbonyl (C=O) groups is 2. The molecule has 0 heterocycles. The Balaban J connectivity index is 1.53. The van der Waals surface area contributed by atoms with Crippen LogP contribution in [0.5, 0.6) is 5.75 Å². The van der Waals surface area contributed by atoms with Crippen molar-refractivity contribution in [3.8, 4) is 17.6 Å². The Morgan fingerprint density at radius 2 is 1.53 bits per heavy atom. The molecule has 0 spiro atoms. The maximum atomic E-state index is 13.5. The molecule has 5 nitrogen and oxygen atoms in total. The molecule has 4 rings (SSSR count). The van der Waals surface area contributed by atoms with Gasteiger partial charge in [0, 0.05) is 35.0 Å².